The zero-order valence-corrected chi connectivity index (χ0v) is 20.2. The first kappa shape index (κ1) is 23.6. The number of aromatic nitrogens is 3. The molecule has 8 nitrogen and oxygen atoms in total. The Morgan fingerprint density at radius 3 is 2.45 bits per heavy atom. The largest absolute Gasteiger partial charge is 0.444 e. The molecule has 1 unspecified atom stereocenters. The van der Waals surface area contributed by atoms with Crippen LogP contribution in [-0.4, -0.2) is 70.0 Å². The van der Waals surface area contributed by atoms with E-state index in [4.69, 9.17) is 21.1 Å². The number of carbonyl (C=O) groups is 1. The molecule has 0 bridgehead atoms. The fourth-order valence-corrected chi connectivity index (χ4v) is 3.93. The third-order valence-corrected chi connectivity index (χ3v) is 5.61. The fourth-order valence-electron chi connectivity index (χ4n) is 3.75. The number of rotatable bonds is 1. The lowest BCUT2D eigenvalue weighted by molar-refractivity contribution is 0.0219. The van der Waals surface area contributed by atoms with Crippen molar-refractivity contribution in [3.8, 4) is 0 Å². The number of amides is 1. The molecule has 9 heteroatoms. The molecule has 0 aliphatic carbocycles. The molecule has 0 spiro atoms. The zero-order chi connectivity index (χ0) is 22.8. The van der Waals surface area contributed by atoms with Crippen molar-refractivity contribution in [2.75, 3.05) is 37.7 Å². The van der Waals surface area contributed by atoms with E-state index in [-0.39, 0.29) is 12.1 Å². The highest BCUT2D eigenvalue weighted by Crippen LogP contribution is 2.31. The molecule has 4 rings (SSSR count). The zero-order valence-electron chi connectivity index (χ0n) is 19.4. The second-order valence-corrected chi connectivity index (χ2v) is 9.53. The summed E-state index contributed by atoms with van der Waals surface area (Å²) in [4.78, 5) is 25.4. The maximum atomic E-state index is 12.4. The van der Waals surface area contributed by atoms with Gasteiger partial charge in [0.1, 0.15) is 22.1 Å². The van der Waals surface area contributed by atoms with Gasteiger partial charge in [0.2, 0.25) is 0 Å². The summed E-state index contributed by atoms with van der Waals surface area (Å²) in [5.74, 6) is 0.885. The molecule has 172 valence electrons. The maximum Gasteiger partial charge on any atom is 0.410 e. The molecule has 2 fully saturated rings. The molecule has 1 atom stereocenters. The average Bonchev–Trinajstić information content (AvgIpc) is 3.34. The van der Waals surface area contributed by atoms with E-state index in [2.05, 4.69) is 21.8 Å². The van der Waals surface area contributed by atoms with Gasteiger partial charge in [0, 0.05) is 52.0 Å². The number of aryl methyl sites for hydroxylation is 2. The Kier molecular flexibility index (Phi) is 7.31. The number of hydrogen-bond acceptors (Lipinski definition) is 6. The Labute approximate surface area is 189 Å². The van der Waals surface area contributed by atoms with Crippen LogP contribution in [0.25, 0.3) is 11.2 Å². The highest BCUT2D eigenvalue weighted by Gasteiger charge is 2.31. The van der Waals surface area contributed by atoms with Gasteiger partial charge < -0.3 is 23.8 Å². The van der Waals surface area contributed by atoms with Crippen molar-refractivity contribution in [2.24, 2.45) is 7.05 Å². The fraction of sp³-hybridized carbons (Fsp3) is 0.682. The quantitative estimate of drug-likeness (QED) is 0.606. The van der Waals surface area contributed by atoms with Gasteiger partial charge in [0.05, 0.1) is 5.69 Å². The molecule has 2 aliphatic heterocycles. The molecule has 1 amide bonds. The van der Waals surface area contributed by atoms with Crippen molar-refractivity contribution in [1.29, 1.82) is 0 Å². The molecule has 2 aliphatic rings. The van der Waals surface area contributed by atoms with Crippen LogP contribution >= 0.6 is 11.6 Å². The number of nitrogens with zero attached hydrogens (tertiary/aromatic N) is 5. The summed E-state index contributed by atoms with van der Waals surface area (Å²) in [7, 11) is 1.93. The van der Waals surface area contributed by atoms with Gasteiger partial charge in [-0.25, -0.2) is 14.8 Å². The van der Waals surface area contributed by atoms with Crippen molar-refractivity contribution in [3.63, 3.8) is 0 Å². The first-order valence-corrected chi connectivity index (χ1v) is 11.3. The van der Waals surface area contributed by atoms with Gasteiger partial charge in [-0.05, 0) is 47.5 Å². The van der Waals surface area contributed by atoms with Crippen LogP contribution in [0.15, 0.2) is 6.07 Å². The van der Waals surface area contributed by atoms with Gasteiger partial charge in [-0.1, -0.05) is 11.6 Å². The van der Waals surface area contributed by atoms with E-state index >= 15 is 0 Å². The summed E-state index contributed by atoms with van der Waals surface area (Å²) < 4.78 is 12.4. The summed E-state index contributed by atoms with van der Waals surface area (Å²) in [5, 5.41) is 0.442. The Morgan fingerprint density at radius 2 is 1.90 bits per heavy atom. The standard InChI is InChI=1S/C18H26ClN5O2.C4H8O/c1-11-10-23(17(25)26-18(3,4)5)7-8-24(11)13-9-14(19)21-16-15(13)20-12(2)22(16)6;1-2-4-5-3-1/h9,11H,7-8,10H2,1-6H3;1-4H2. The van der Waals surface area contributed by atoms with Crippen molar-refractivity contribution >= 4 is 34.5 Å². The third kappa shape index (κ3) is 5.80. The van der Waals surface area contributed by atoms with Gasteiger partial charge in [-0.3, -0.25) is 0 Å². The smallest absolute Gasteiger partial charge is 0.410 e. The van der Waals surface area contributed by atoms with E-state index in [1.165, 1.54) is 12.8 Å². The molecule has 2 aromatic heterocycles. The van der Waals surface area contributed by atoms with E-state index in [1.54, 1.807) is 4.90 Å². The highest BCUT2D eigenvalue weighted by molar-refractivity contribution is 6.30. The van der Waals surface area contributed by atoms with Gasteiger partial charge in [-0.2, -0.15) is 0 Å². The SMILES string of the molecule is C1CCOC1.Cc1nc2c(N3CCN(C(=O)OC(C)(C)C)CC3C)cc(Cl)nc2n1C. The Morgan fingerprint density at radius 1 is 1.23 bits per heavy atom. The summed E-state index contributed by atoms with van der Waals surface area (Å²) in [6.07, 6.45) is 2.29. The Balaban J connectivity index is 0.000000478. The molecule has 0 aromatic carbocycles. The van der Waals surface area contributed by atoms with Gasteiger partial charge >= 0.3 is 6.09 Å². The van der Waals surface area contributed by atoms with E-state index in [0.717, 1.165) is 35.9 Å². The normalized spacial score (nSPS) is 19.4. The van der Waals surface area contributed by atoms with Gasteiger partial charge in [-0.15, -0.1) is 0 Å². The second-order valence-electron chi connectivity index (χ2n) is 9.14. The van der Waals surface area contributed by atoms with Crippen molar-refractivity contribution in [3.05, 3.63) is 17.0 Å². The number of piperazine rings is 1. The van der Waals surface area contributed by atoms with E-state index in [9.17, 15) is 4.79 Å². The molecule has 0 saturated carbocycles. The summed E-state index contributed by atoms with van der Waals surface area (Å²) in [5.41, 5.74) is 2.08. The van der Waals surface area contributed by atoms with Crippen LogP contribution in [0.3, 0.4) is 0 Å². The van der Waals surface area contributed by atoms with E-state index < -0.39 is 5.60 Å². The molecular weight excluding hydrogens is 418 g/mol. The van der Waals surface area contributed by atoms with Gasteiger partial charge in [0.25, 0.3) is 0 Å². The number of halogens is 1. The van der Waals surface area contributed by atoms with Crippen molar-refractivity contribution < 1.29 is 14.3 Å². The molecule has 0 N–H and O–H groups in total. The van der Waals surface area contributed by atoms with Crippen LogP contribution in [0.1, 0.15) is 46.4 Å². The molecule has 4 heterocycles. The van der Waals surface area contributed by atoms with Crippen LogP contribution in [0.2, 0.25) is 5.15 Å². The number of hydrogen-bond donors (Lipinski definition) is 0. The van der Waals surface area contributed by atoms with E-state index in [1.807, 2.05) is 45.4 Å². The molecule has 0 radical (unpaired) electrons. The average molecular weight is 452 g/mol. The molecule has 31 heavy (non-hydrogen) atoms. The summed E-state index contributed by atoms with van der Waals surface area (Å²) in [6.45, 7) is 13.5. The van der Waals surface area contributed by atoms with Crippen molar-refractivity contribution in [2.45, 2.75) is 59.1 Å². The van der Waals surface area contributed by atoms with Crippen LogP contribution in [0.5, 0.6) is 0 Å². The van der Waals surface area contributed by atoms with Crippen LogP contribution < -0.4 is 4.90 Å². The lowest BCUT2D eigenvalue weighted by atomic mass is 10.1. The van der Waals surface area contributed by atoms with Crippen molar-refractivity contribution in [1.82, 2.24) is 19.4 Å². The molecular formula is C22H34ClN5O3. The minimum Gasteiger partial charge on any atom is -0.444 e. The number of anilines is 1. The molecule has 2 saturated heterocycles. The lowest BCUT2D eigenvalue weighted by Gasteiger charge is -2.41. The lowest BCUT2D eigenvalue weighted by Crippen LogP contribution is -2.54. The summed E-state index contributed by atoms with van der Waals surface area (Å²) >= 11 is 6.26. The number of carbonyl (C=O) groups excluding carboxylic acids is 1. The monoisotopic (exact) mass is 451 g/mol. The van der Waals surface area contributed by atoms with E-state index in [0.29, 0.717) is 24.8 Å². The Bertz CT molecular complexity index is 912. The predicted molar refractivity (Wildman–Crippen MR) is 123 cm³/mol. The number of imidazole rings is 1. The first-order chi connectivity index (χ1) is 14.6. The first-order valence-electron chi connectivity index (χ1n) is 10.9. The Hall–Kier alpha value is -2.06. The number of fused-ring (bicyclic) bond motifs is 1. The summed E-state index contributed by atoms with van der Waals surface area (Å²) in [6, 6.07) is 1.97. The number of ether oxygens (including phenoxy) is 2. The predicted octanol–water partition coefficient (Wildman–Crippen LogP) is 4.17. The van der Waals surface area contributed by atoms with Crippen LogP contribution in [-0.2, 0) is 16.5 Å². The topological polar surface area (TPSA) is 72.7 Å². The van der Waals surface area contributed by atoms with Gasteiger partial charge in [0.15, 0.2) is 5.65 Å². The van der Waals surface area contributed by atoms with Crippen LogP contribution in [0, 0.1) is 6.92 Å². The number of pyridine rings is 1. The van der Waals surface area contributed by atoms with Crippen LogP contribution in [0.4, 0.5) is 10.5 Å². The molecule has 2 aromatic rings. The second kappa shape index (κ2) is 9.61. The minimum absolute atomic E-state index is 0.111. The maximum absolute atomic E-state index is 12.4. The minimum atomic E-state index is -0.492. The highest BCUT2D eigenvalue weighted by atomic mass is 35.5. The third-order valence-electron chi connectivity index (χ3n) is 5.42.